The summed E-state index contributed by atoms with van der Waals surface area (Å²) in [4.78, 5) is 25.0. The van der Waals surface area contributed by atoms with Crippen molar-refractivity contribution in [2.75, 3.05) is 6.54 Å². The zero-order valence-corrected chi connectivity index (χ0v) is 13.2. The number of aromatic carboxylic acids is 1. The molecule has 0 spiro atoms. The maximum atomic E-state index is 12.4. The molecule has 0 aliphatic rings. The zero-order chi connectivity index (χ0) is 16.7. The standard InChI is InChI=1S/C19H21NO3/c1-2-20(14-16-6-4-3-5-7-16)18(21)13-10-15-8-11-17(12-9-15)19(22)23/h3-9,11-12H,2,10,13-14H2,1H3,(H,22,23). The van der Waals surface area contributed by atoms with Crippen molar-refractivity contribution in [1.82, 2.24) is 4.90 Å². The van der Waals surface area contributed by atoms with Crippen molar-refractivity contribution in [3.8, 4) is 0 Å². The molecule has 0 fully saturated rings. The number of amides is 1. The summed E-state index contributed by atoms with van der Waals surface area (Å²) in [6.45, 7) is 3.27. The topological polar surface area (TPSA) is 57.6 Å². The van der Waals surface area contributed by atoms with Gasteiger partial charge in [-0.1, -0.05) is 42.5 Å². The first-order valence-corrected chi connectivity index (χ1v) is 7.74. The van der Waals surface area contributed by atoms with E-state index >= 15 is 0 Å². The Balaban J connectivity index is 1.90. The molecule has 1 amide bonds. The van der Waals surface area contributed by atoms with Gasteiger partial charge in [0, 0.05) is 19.5 Å². The van der Waals surface area contributed by atoms with Crippen molar-refractivity contribution >= 4 is 11.9 Å². The average molecular weight is 311 g/mol. The van der Waals surface area contributed by atoms with Gasteiger partial charge in [-0.3, -0.25) is 4.79 Å². The van der Waals surface area contributed by atoms with Crippen LogP contribution in [0.5, 0.6) is 0 Å². The van der Waals surface area contributed by atoms with Gasteiger partial charge in [0.15, 0.2) is 0 Å². The summed E-state index contributed by atoms with van der Waals surface area (Å²) in [7, 11) is 0. The van der Waals surface area contributed by atoms with Gasteiger partial charge in [0.2, 0.25) is 5.91 Å². The van der Waals surface area contributed by atoms with E-state index in [0.717, 1.165) is 11.1 Å². The fraction of sp³-hybridized carbons (Fsp3) is 0.263. The van der Waals surface area contributed by atoms with Gasteiger partial charge in [0.1, 0.15) is 0 Å². The Hall–Kier alpha value is -2.62. The Morgan fingerprint density at radius 1 is 0.957 bits per heavy atom. The van der Waals surface area contributed by atoms with Crippen molar-refractivity contribution in [2.24, 2.45) is 0 Å². The number of carboxylic acids is 1. The van der Waals surface area contributed by atoms with Crippen LogP contribution in [0.3, 0.4) is 0 Å². The van der Waals surface area contributed by atoms with E-state index in [1.165, 1.54) is 0 Å². The first-order valence-electron chi connectivity index (χ1n) is 7.74. The highest BCUT2D eigenvalue weighted by molar-refractivity contribution is 5.87. The lowest BCUT2D eigenvalue weighted by atomic mass is 10.1. The zero-order valence-electron chi connectivity index (χ0n) is 13.2. The van der Waals surface area contributed by atoms with Crippen LogP contribution in [0.15, 0.2) is 54.6 Å². The summed E-state index contributed by atoms with van der Waals surface area (Å²) in [6, 6.07) is 16.6. The predicted molar refractivity (Wildman–Crippen MR) is 89.3 cm³/mol. The van der Waals surface area contributed by atoms with Crippen LogP contribution in [0.4, 0.5) is 0 Å². The first kappa shape index (κ1) is 16.7. The highest BCUT2D eigenvalue weighted by Gasteiger charge is 2.12. The molecule has 4 heteroatoms. The molecule has 0 radical (unpaired) electrons. The fourth-order valence-corrected chi connectivity index (χ4v) is 2.40. The SMILES string of the molecule is CCN(Cc1ccccc1)C(=O)CCc1ccc(C(=O)O)cc1. The van der Waals surface area contributed by atoms with E-state index < -0.39 is 5.97 Å². The Kier molecular flexibility index (Phi) is 5.92. The fourth-order valence-electron chi connectivity index (χ4n) is 2.40. The van der Waals surface area contributed by atoms with E-state index in [-0.39, 0.29) is 11.5 Å². The van der Waals surface area contributed by atoms with E-state index in [0.29, 0.717) is 25.9 Å². The summed E-state index contributed by atoms with van der Waals surface area (Å²) in [5.41, 5.74) is 2.35. The molecule has 0 saturated heterocycles. The van der Waals surface area contributed by atoms with Crippen molar-refractivity contribution in [3.63, 3.8) is 0 Å². The molecule has 0 aliphatic carbocycles. The van der Waals surface area contributed by atoms with Gasteiger partial charge < -0.3 is 10.0 Å². The van der Waals surface area contributed by atoms with Gasteiger partial charge in [0.05, 0.1) is 5.56 Å². The van der Waals surface area contributed by atoms with Gasteiger partial charge in [-0.25, -0.2) is 4.79 Å². The Bertz CT molecular complexity index is 650. The van der Waals surface area contributed by atoms with Gasteiger partial charge in [-0.2, -0.15) is 0 Å². The molecule has 0 saturated carbocycles. The molecule has 0 unspecified atom stereocenters. The molecule has 2 aromatic carbocycles. The van der Waals surface area contributed by atoms with Crippen molar-refractivity contribution in [2.45, 2.75) is 26.3 Å². The van der Waals surface area contributed by atoms with Crippen LogP contribution in [0, 0.1) is 0 Å². The normalized spacial score (nSPS) is 10.3. The summed E-state index contributed by atoms with van der Waals surface area (Å²) < 4.78 is 0. The lowest BCUT2D eigenvalue weighted by molar-refractivity contribution is -0.131. The molecule has 0 aromatic heterocycles. The van der Waals surface area contributed by atoms with Gasteiger partial charge >= 0.3 is 5.97 Å². The predicted octanol–water partition coefficient (Wildman–Crippen LogP) is 3.37. The molecular weight excluding hydrogens is 290 g/mol. The van der Waals surface area contributed by atoms with E-state index in [4.69, 9.17) is 5.11 Å². The molecule has 0 bridgehead atoms. The van der Waals surface area contributed by atoms with Gasteiger partial charge in [-0.05, 0) is 36.6 Å². The van der Waals surface area contributed by atoms with E-state index in [1.54, 1.807) is 24.3 Å². The number of benzene rings is 2. The Morgan fingerprint density at radius 3 is 2.17 bits per heavy atom. The van der Waals surface area contributed by atoms with Gasteiger partial charge in [-0.15, -0.1) is 0 Å². The van der Waals surface area contributed by atoms with Crippen molar-refractivity contribution in [1.29, 1.82) is 0 Å². The van der Waals surface area contributed by atoms with Crippen LogP contribution >= 0.6 is 0 Å². The molecule has 23 heavy (non-hydrogen) atoms. The molecule has 2 rings (SSSR count). The molecule has 0 heterocycles. The quantitative estimate of drug-likeness (QED) is 0.853. The molecule has 0 atom stereocenters. The third kappa shape index (κ3) is 4.95. The summed E-state index contributed by atoms with van der Waals surface area (Å²) in [5.74, 6) is -0.827. The highest BCUT2D eigenvalue weighted by Crippen LogP contribution is 2.10. The monoisotopic (exact) mass is 311 g/mol. The average Bonchev–Trinajstić information content (AvgIpc) is 2.58. The summed E-state index contributed by atoms with van der Waals surface area (Å²) in [5, 5.41) is 8.88. The van der Waals surface area contributed by atoms with Crippen LogP contribution in [-0.4, -0.2) is 28.4 Å². The minimum atomic E-state index is -0.937. The molecule has 2 aromatic rings. The molecule has 4 nitrogen and oxygen atoms in total. The van der Waals surface area contributed by atoms with Gasteiger partial charge in [0.25, 0.3) is 0 Å². The van der Waals surface area contributed by atoms with E-state index in [9.17, 15) is 9.59 Å². The number of carboxylic acid groups (broad SMARTS) is 1. The van der Waals surface area contributed by atoms with Crippen LogP contribution < -0.4 is 0 Å². The molecule has 0 aliphatic heterocycles. The summed E-state index contributed by atoms with van der Waals surface area (Å²) >= 11 is 0. The van der Waals surface area contributed by atoms with Crippen LogP contribution in [0.25, 0.3) is 0 Å². The van der Waals surface area contributed by atoms with Crippen LogP contribution in [-0.2, 0) is 17.8 Å². The molecule has 1 N–H and O–H groups in total. The minimum absolute atomic E-state index is 0.110. The lowest BCUT2D eigenvalue weighted by Crippen LogP contribution is -2.30. The molecular formula is C19H21NO3. The highest BCUT2D eigenvalue weighted by atomic mass is 16.4. The van der Waals surface area contributed by atoms with Crippen LogP contribution in [0.1, 0.15) is 34.8 Å². The second-order valence-electron chi connectivity index (χ2n) is 5.40. The number of nitrogens with zero attached hydrogens (tertiary/aromatic N) is 1. The van der Waals surface area contributed by atoms with Crippen LogP contribution in [0.2, 0.25) is 0 Å². The number of carbonyl (C=O) groups is 2. The largest absolute Gasteiger partial charge is 0.478 e. The third-order valence-corrected chi connectivity index (χ3v) is 3.78. The van der Waals surface area contributed by atoms with Crippen molar-refractivity contribution in [3.05, 3.63) is 71.3 Å². The Morgan fingerprint density at radius 2 is 1.61 bits per heavy atom. The minimum Gasteiger partial charge on any atom is -0.478 e. The summed E-state index contributed by atoms with van der Waals surface area (Å²) in [6.07, 6.45) is 1.04. The van der Waals surface area contributed by atoms with E-state index in [1.807, 2.05) is 42.2 Å². The number of hydrogen-bond donors (Lipinski definition) is 1. The maximum absolute atomic E-state index is 12.4. The lowest BCUT2D eigenvalue weighted by Gasteiger charge is -2.21. The molecule has 120 valence electrons. The number of aryl methyl sites for hydroxylation is 1. The smallest absolute Gasteiger partial charge is 0.335 e. The first-order chi connectivity index (χ1) is 11.1. The second kappa shape index (κ2) is 8.13. The maximum Gasteiger partial charge on any atom is 0.335 e. The van der Waals surface area contributed by atoms with E-state index in [2.05, 4.69) is 0 Å². The Labute approximate surface area is 136 Å². The third-order valence-electron chi connectivity index (χ3n) is 3.78. The number of rotatable bonds is 7. The van der Waals surface area contributed by atoms with Crippen molar-refractivity contribution < 1.29 is 14.7 Å². The number of hydrogen-bond acceptors (Lipinski definition) is 2. The number of carbonyl (C=O) groups excluding carboxylic acids is 1. The second-order valence-corrected chi connectivity index (χ2v) is 5.40.